The molecule has 0 saturated carbocycles. The minimum atomic E-state index is -0.279. The molecule has 0 aliphatic heterocycles. The summed E-state index contributed by atoms with van der Waals surface area (Å²) in [4.78, 5) is 24.6. The van der Waals surface area contributed by atoms with E-state index in [1.165, 1.54) is 6.20 Å². The Morgan fingerprint density at radius 1 is 1.00 bits per heavy atom. The summed E-state index contributed by atoms with van der Waals surface area (Å²) in [6.45, 7) is 1.05. The number of methoxy groups -OCH3 is 2. The molecule has 150 valence electrons. The van der Waals surface area contributed by atoms with Gasteiger partial charge in [-0.15, -0.1) is 0 Å². The number of carbonyl (C=O) groups excluding carboxylic acids is 1. The number of nitrogens with zero attached hydrogens (tertiary/aromatic N) is 3. The average molecular weight is 393 g/mol. The van der Waals surface area contributed by atoms with Gasteiger partial charge in [-0.05, 0) is 35.7 Å². The molecule has 3 aromatic rings. The third-order valence-corrected chi connectivity index (χ3v) is 4.23. The zero-order valence-electron chi connectivity index (χ0n) is 16.4. The number of amides is 1. The Morgan fingerprint density at radius 3 is 2.55 bits per heavy atom. The van der Waals surface area contributed by atoms with Crippen LogP contribution in [-0.2, 0) is 13.0 Å². The summed E-state index contributed by atoms with van der Waals surface area (Å²) in [5.41, 5.74) is 2.29. The van der Waals surface area contributed by atoms with E-state index in [9.17, 15) is 4.79 Å². The number of aromatic nitrogens is 3. The van der Waals surface area contributed by atoms with Crippen molar-refractivity contribution in [3.63, 3.8) is 0 Å². The van der Waals surface area contributed by atoms with Gasteiger partial charge < -0.3 is 20.1 Å². The van der Waals surface area contributed by atoms with Crippen LogP contribution in [0.4, 0.5) is 5.82 Å². The molecule has 2 N–H and O–H groups in total. The Labute approximate surface area is 169 Å². The Kier molecular flexibility index (Phi) is 6.94. The van der Waals surface area contributed by atoms with Gasteiger partial charge in [-0.1, -0.05) is 12.1 Å². The van der Waals surface area contributed by atoms with Crippen LogP contribution in [-0.4, -0.2) is 41.6 Å². The standard InChI is InChI=1S/C21H23N5O3/c1-28-18-6-5-15(10-19(18)29-2)7-9-23-20-14-24-17(13-25-20)21(27)26-12-16-4-3-8-22-11-16/h3-6,8,10-11,13-14H,7,9,12H2,1-2H3,(H,23,25)(H,26,27). The van der Waals surface area contributed by atoms with Crippen LogP contribution in [0.5, 0.6) is 11.5 Å². The first-order chi connectivity index (χ1) is 14.2. The molecule has 1 amide bonds. The summed E-state index contributed by atoms with van der Waals surface area (Å²) in [5.74, 6) is 1.73. The molecule has 0 unspecified atom stereocenters. The maximum atomic E-state index is 12.2. The molecule has 0 aliphatic rings. The number of hydrogen-bond acceptors (Lipinski definition) is 7. The second kappa shape index (κ2) is 10.0. The van der Waals surface area contributed by atoms with Crippen LogP contribution in [0.1, 0.15) is 21.6 Å². The van der Waals surface area contributed by atoms with Crippen LogP contribution >= 0.6 is 0 Å². The number of anilines is 1. The summed E-state index contributed by atoms with van der Waals surface area (Å²) in [5, 5.41) is 5.99. The molecule has 0 bridgehead atoms. The van der Waals surface area contributed by atoms with Gasteiger partial charge in [0.2, 0.25) is 0 Å². The van der Waals surface area contributed by atoms with Crippen LogP contribution in [0, 0.1) is 0 Å². The second-order valence-corrected chi connectivity index (χ2v) is 6.20. The summed E-state index contributed by atoms with van der Waals surface area (Å²) in [7, 11) is 3.23. The van der Waals surface area contributed by atoms with E-state index in [-0.39, 0.29) is 11.6 Å². The smallest absolute Gasteiger partial charge is 0.271 e. The first kappa shape index (κ1) is 20.1. The molecule has 0 aliphatic carbocycles. The molecule has 2 aromatic heterocycles. The number of carbonyl (C=O) groups is 1. The molecule has 0 radical (unpaired) electrons. The van der Waals surface area contributed by atoms with Crippen molar-refractivity contribution in [2.24, 2.45) is 0 Å². The van der Waals surface area contributed by atoms with E-state index in [1.807, 2.05) is 30.3 Å². The van der Waals surface area contributed by atoms with Gasteiger partial charge in [-0.3, -0.25) is 9.78 Å². The monoisotopic (exact) mass is 393 g/mol. The average Bonchev–Trinajstić information content (AvgIpc) is 2.78. The predicted molar refractivity (Wildman–Crippen MR) is 109 cm³/mol. The van der Waals surface area contributed by atoms with Crippen molar-refractivity contribution in [1.82, 2.24) is 20.3 Å². The highest BCUT2D eigenvalue weighted by molar-refractivity contribution is 5.91. The maximum absolute atomic E-state index is 12.2. The lowest BCUT2D eigenvalue weighted by Gasteiger charge is -2.10. The maximum Gasteiger partial charge on any atom is 0.271 e. The number of nitrogens with one attached hydrogen (secondary N) is 2. The zero-order valence-corrected chi connectivity index (χ0v) is 16.4. The highest BCUT2D eigenvalue weighted by Crippen LogP contribution is 2.27. The Balaban J connectivity index is 1.48. The van der Waals surface area contributed by atoms with E-state index in [0.29, 0.717) is 30.4 Å². The third-order valence-electron chi connectivity index (χ3n) is 4.23. The molecular formula is C21H23N5O3. The SMILES string of the molecule is COc1ccc(CCNc2cnc(C(=O)NCc3cccnc3)cn2)cc1OC. The van der Waals surface area contributed by atoms with Crippen molar-refractivity contribution in [2.45, 2.75) is 13.0 Å². The molecule has 1 aromatic carbocycles. The Hall–Kier alpha value is -3.68. The van der Waals surface area contributed by atoms with Gasteiger partial charge in [-0.2, -0.15) is 0 Å². The fraction of sp³-hybridized carbons (Fsp3) is 0.238. The number of rotatable bonds is 9. The molecular weight excluding hydrogens is 370 g/mol. The van der Waals surface area contributed by atoms with Gasteiger partial charge in [0.25, 0.3) is 5.91 Å². The second-order valence-electron chi connectivity index (χ2n) is 6.20. The lowest BCUT2D eigenvalue weighted by atomic mass is 10.1. The van der Waals surface area contributed by atoms with E-state index in [4.69, 9.17) is 9.47 Å². The Morgan fingerprint density at radius 2 is 1.86 bits per heavy atom. The third kappa shape index (κ3) is 5.65. The van der Waals surface area contributed by atoms with Gasteiger partial charge in [-0.25, -0.2) is 9.97 Å². The first-order valence-electron chi connectivity index (χ1n) is 9.13. The van der Waals surface area contributed by atoms with Crippen LogP contribution in [0.25, 0.3) is 0 Å². The summed E-state index contributed by atoms with van der Waals surface area (Å²) >= 11 is 0. The van der Waals surface area contributed by atoms with E-state index in [0.717, 1.165) is 17.5 Å². The largest absolute Gasteiger partial charge is 0.493 e. The zero-order chi connectivity index (χ0) is 20.5. The fourth-order valence-corrected chi connectivity index (χ4v) is 2.68. The quantitative estimate of drug-likeness (QED) is 0.576. The number of benzene rings is 1. The lowest BCUT2D eigenvalue weighted by Crippen LogP contribution is -2.24. The summed E-state index contributed by atoms with van der Waals surface area (Å²) < 4.78 is 10.6. The minimum Gasteiger partial charge on any atom is -0.493 e. The summed E-state index contributed by atoms with van der Waals surface area (Å²) in [6, 6.07) is 9.54. The van der Waals surface area contributed by atoms with Gasteiger partial charge in [0.1, 0.15) is 11.5 Å². The van der Waals surface area contributed by atoms with E-state index in [2.05, 4.69) is 25.6 Å². The van der Waals surface area contributed by atoms with Gasteiger partial charge in [0.05, 0.1) is 26.6 Å². The number of hydrogen-bond donors (Lipinski definition) is 2. The Bertz CT molecular complexity index is 933. The molecule has 0 fully saturated rings. The fourth-order valence-electron chi connectivity index (χ4n) is 2.68. The van der Waals surface area contributed by atoms with Crippen LogP contribution in [0.3, 0.4) is 0 Å². The van der Waals surface area contributed by atoms with Crippen molar-refractivity contribution in [1.29, 1.82) is 0 Å². The normalized spacial score (nSPS) is 10.3. The highest BCUT2D eigenvalue weighted by Gasteiger charge is 2.08. The molecule has 0 atom stereocenters. The van der Waals surface area contributed by atoms with Crippen LogP contribution in [0.15, 0.2) is 55.1 Å². The molecule has 2 heterocycles. The van der Waals surface area contributed by atoms with E-state index < -0.39 is 0 Å². The van der Waals surface area contributed by atoms with Crippen LogP contribution < -0.4 is 20.1 Å². The van der Waals surface area contributed by atoms with Crippen LogP contribution in [0.2, 0.25) is 0 Å². The van der Waals surface area contributed by atoms with Gasteiger partial charge >= 0.3 is 0 Å². The number of pyridine rings is 1. The molecule has 8 nitrogen and oxygen atoms in total. The number of ether oxygens (including phenoxy) is 2. The molecule has 29 heavy (non-hydrogen) atoms. The van der Waals surface area contributed by atoms with Crippen molar-refractivity contribution < 1.29 is 14.3 Å². The van der Waals surface area contributed by atoms with E-state index in [1.54, 1.807) is 32.8 Å². The minimum absolute atomic E-state index is 0.263. The van der Waals surface area contributed by atoms with Crippen molar-refractivity contribution in [3.05, 3.63) is 71.9 Å². The van der Waals surface area contributed by atoms with Gasteiger partial charge in [0, 0.05) is 25.5 Å². The summed E-state index contributed by atoms with van der Waals surface area (Å²) in [6.07, 6.45) is 7.17. The lowest BCUT2D eigenvalue weighted by molar-refractivity contribution is 0.0945. The van der Waals surface area contributed by atoms with Crippen molar-refractivity contribution >= 4 is 11.7 Å². The molecule has 8 heteroatoms. The molecule has 3 rings (SSSR count). The molecule has 0 saturated heterocycles. The highest BCUT2D eigenvalue weighted by atomic mass is 16.5. The predicted octanol–water partition coefficient (Wildman–Crippen LogP) is 2.47. The molecule has 0 spiro atoms. The topological polar surface area (TPSA) is 98.3 Å². The van der Waals surface area contributed by atoms with Crippen molar-refractivity contribution in [2.75, 3.05) is 26.1 Å². The van der Waals surface area contributed by atoms with Gasteiger partial charge in [0.15, 0.2) is 11.5 Å². The van der Waals surface area contributed by atoms with Crippen molar-refractivity contribution in [3.8, 4) is 11.5 Å². The van der Waals surface area contributed by atoms with E-state index >= 15 is 0 Å². The first-order valence-corrected chi connectivity index (χ1v) is 9.13.